The minimum atomic E-state index is -1.68. The van der Waals surface area contributed by atoms with E-state index in [1.165, 1.54) is 36.4 Å². The Morgan fingerprint density at radius 3 is 2.22 bits per heavy atom. The molecule has 0 fully saturated rings. The Labute approximate surface area is 167 Å². The van der Waals surface area contributed by atoms with Gasteiger partial charge in [0, 0.05) is 12.0 Å². The Kier molecular flexibility index (Phi) is 8.88. The normalized spacial score (nSPS) is 12.0. The van der Waals surface area contributed by atoms with Gasteiger partial charge in [0.05, 0.1) is 0 Å². The highest BCUT2D eigenvalue weighted by Crippen LogP contribution is 2.12. The van der Waals surface area contributed by atoms with Crippen LogP contribution in [0.2, 0.25) is 13.1 Å². The SMILES string of the molecule is CCCCCCC#CC(/C=C/c1ccccc1)=C/[Si](C)(C)c1ccccc1. The van der Waals surface area contributed by atoms with Crippen molar-refractivity contribution in [3.05, 3.63) is 83.6 Å². The van der Waals surface area contributed by atoms with E-state index in [-0.39, 0.29) is 0 Å². The summed E-state index contributed by atoms with van der Waals surface area (Å²) in [5, 5.41) is 1.44. The summed E-state index contributed by atoms with van der Waals surface area (Å²) < 4.78 is 0. The van der Waals surface area contributed by atoms with E-state index in [4.69, 9.17) is 0 Å². The molecule has 0 saturated heterocycles. The highest BCUT2D eigenvalue weighted by Gasteiger charge is 2.20. The summed E-state index contributed by atoms with van der Waals surface area (Å²) in [7, 11) is -1.68. The van der Waals surface area contributed by atoms with Crippen LogP contribution in [0.15, 0.2) is 78.0 Å². The first-order chi connectivity index (χ1) is 13.1. The van der Waals surface area contributed by atoms with Crippen LogP contribution in [0.5, 0.6) is 0 Å². The average Bonchev–Trinajstić information content (AvgIpc) is 2.70. The fraction of sp³-hybridized carbons (Fsp3) is 0.308. The third-order valence-electron chi connectivity index (χ3n) is 4.68. The Bertz CT molecular complexity index is 786. The Balaban J connectivity index is 2.20. The van der Waals surface area contributed by atoms with Crippen molar-refractivity contribution in [1.29, 1.82) is 0 Å². The zero-order chi connectivity index (χ0) is 19.4. The molecule has 2 aromatic carbocycles. The molecule has 0 nitrogen and oxygen atoms in total. The standard InChI is InChI=1S/C26H32Si/c1-4-5-6-7-8-11-18-25(22-21-24-16-12-9-13-17-24)23-27(2,3)26-19-14-10-15-20-26/h9-10,12-17,19-23H,4-8H2,1-3H3/b22-21+,25-23-. The summed E-state index contributed by atoms with van der Waals surface area (Å²) in [4.78, 5) is 0. The summed E-state index contributed by atoms with van der Waals surface area (Å²) in [6, 6.07) is 21.3. The van der Waals surface area contributed by atoms with E-state index in [2.05, 4.69) is 110 Å². The molecule has 0 amide bonds. The van der Waals surface area contributed by atoms with Crippen molar-refractivity contribution in [3.8, 4) is 11.8 Å². The first-order valence-electron chi connectivity index (χ1n) is 10.1. The molecule has 2 aromatic rings. The van der Waals surface area contributed by atoms with Crippen LogP contribution in [0.3, 0.4) is 0 Å². The molecule has 1 heteroatoms. The van der Waals surface area contributed by atoms with Gasteiger partial charge in [-0.25, -0.2) is 0 Å². The predicted octanol–water partition coefficient (Wildman–Crippen LogP) is 6.75. The average molecular weight is 373 g/mol. The van der Waals surface area contributed by atoms with Crippen LogP contribution < -0.4 is 5.19 Å². The molecule has 0 aliphatic carbocycles. The molecule has 0 aliphatic rings. The van der Waals surface area contributed by atoms with E-state index in [9.17, 15) is 0 Å². The van der Waals surface area contributed by atoms with Crippen molar-refractivity contribution in [2.45, 2.75) is 52.1 Å². The molecule has 0 radical (unpaired) electrons. The molecule has 0 saturated carbocycles. The van der Waals surface area contributed by atoms with E-state index >= 15 is 0 Å². The maximum atomic E-state index is 3.45. The van der Waals surface area contributed by atoms with Gasteiger partial charge in [0.1, 0.15) is 8.07 Å². The molecule has 0 atom stereocenters. The molecule has 0 aliphatic heterocycles. The van der Waals surface area contributed by atoms with Crippen molar-refractivity contribution in [2.75, 3.05) is 0 Å². The van der Waals surface area contributed by atoms with Gasteiger partial charge in [0.25, 0.3) is 0 Å². The lowest BCUT2D eigenvalue weighted by Crippen LogP contribution is -2.39. The quantitative estimate of drug-likeness (QED) is 0.208. The molecular weight excluding hydrogens is 340 g/mol. The van der Waals surface area contributed by atoms with Gasteiger partial charge in [0.15, 0.2) is 0 Å². The van der Waals surface area contributed by atoms with Crippen molar-refractivity contribution >= 4 is 19.3 Å². The summed E-state index contributed by atoms with van der Waals surface area (Å²) in [6.45, 7) is 7.03. The van der Waals surface area contributed by atoms with E-state index in [1.807, 2.05) is 0 Å². The lowest BCUT2D eigenvalue weighted by atomic mass is 10.1. The van der Waals surface area contributed by atoms with Crippen LogP contribution >= 0.6 is 0 Å². The monoisotopic (exact) mass is 372 g/mol. The minimum Gasteiger partial charge on any atom is -0.0979 e. The van der Waals surface area contributed by atoms with Gasteiger partial charge < -0.3 is 0 Å². The third-order valence-corrected chi connectivity index (χ3v) is 7.53. The van der Waals surface area contributed by atoms with E-state index < -0.39 is 8.07 Å². The molecule has 0 bridgehead atoms. The van der Waals surface area contributed by atoms with E-state index in [0.29, 0.717) is 0 Å². The molecule has 0 N–H and O–H groups in total. The van der Waals surface area contributed by atoms with Crippen molar-refractivity contribution in [3.63, 3.8) is 0 Å². The van der Waals surface area contributed by atoms with Gasteiger partial charge in [-0.1, -0.05) is 129 Å². The minimum absolute atomic E-state index is 0.990. The Hall–Kier alpha value is -2.30. The second kappa shape index (κ2) is 11.4. The molecule has 0 unspecified atom stereocenters. The number of benzene rings is 2. The van der Waals surface area contributed by atoms with Gasteiger partial charge in [-0.05, 0) is 18.1 Å². The van der Waals surface area contributed by atoms with Crippen molar-refractivity contribution in [1.82, 2.24) is 0 Å². The fourth-order valence-electron chi connectivity index (χ4n) is 3.02. The van der Waals surface area contributed by atoms with E-state index in [1.54, 1.807) is 0 Å². The van der Waals surface area contributed by atoms with Crippen LogP contribution in [-0.2, 0) is 0 Å². The van der Waals surface area contributed by atoms with E-state index in [0.717, 1.165) is 12.0 Å². The molecule has 0 aromatic heterocycles. The Morgan fingerprint density at radius 2 is 1.56 bits per heavy atom. The molecular formula is C26H32Si. The largest absolute Gasteiger partial charge is 0.105 e. The van der Waals surface area contributed by atoms with Gasteiger partial charge >= 0.3 is 0 Å². The van der Waals surface area contributed by atoms with Crippen LogP contribution in [0.1, 0.15) is 44.6 Å². The zero-order valence-electron chi connectivity index (χ0n) is 17.0. The maximum absolute atomic E-state index is 3.45. The third kappa shape index (κ3) is 7.85. The topological polar surface area (TPSA) is 0 Å². The van der Waals surface area contributed by atoms with Crippen molar-refractivity contribution < 1.29 is 0 Å². The van der Waals surface area contributed by atoms with Gasteiger partial charge in [-0.2, -0.15) is 0 Å². The predicted molar refractivity (Wildman–Crippen MR) is 124 cm³/mol. The number of hydrogen-bond acceptors (Lipinski definition) is 0. The lowest BCUT2D eigenvalue weighted by molar-refractivity contribution is 0.679. The van der Waals surface area contributed by atoms with Crippen LogP contribution in [-0.4, -0.2) is 8.07 Å². The number of unbranched alkanes of at least 4 members (excludes halogenated alkanes) is 4. The Morgan fingerprint density at radius 1 is 0.889 bits per heavy atom. The number of allylic oxidation sites excluding steroid dienone is 2. The second-order valence-corrected chi connectivity index (χ2v) is 11.9. The lowest BCUT2D eigenvalue weighted by Gasteiger charge is -2.18. The first kappa shape index (κ1) is 21.0. The fourth-order valence-corrected chi connectivity index (χ4v) is 5.18. The molecule has 0 spiro atoms. The summed E-state index contributed by atoms with van der Waals surface area (Å²) in [5.41, 5.74) is 4.79. The van der Waals surface area contributed by atoms with Crippen LogP contribution in [0.25, 0.3) is 6.08 Å². The van der Waals surface area contributed by atoms with Crippen LogP contribution in [0, 0.1) is 11.8 Å². The van der Waals surface area contributed by atoms with Crippen molar-refractivity contribution in [2.24, 2.45) is 0 Å². The number of hydrogen-bond donors (Lipinski definition) is 0. The summed E-state index contributed by atoms with van der Waals surface area (Å²) in [5.74, 6) is 6.86. The molecule has 27 heavy (non-hydrogen) atoms. The maximum Gasteiger partial charge on any atom is 0.105 e. The zero-order valence-corrected chi connectivity index (χ0v) is 18.0. The molecule has 2 rings (SSSR count). The first-order valence-corrected chi connectivity index (χ1v) is 13.2. The summed E-state index contributed by atoms with van der Waals surface area (Å²) in [6.07, 6.45) is 10.4. The second-order valence-electron chi connectivity index (χ2n) is 7.54. The summed E-state index contributed by atoms with van der Waals surface area (Å²) >= 11 is 0. The van der Waals surface area contributed by atoms with Crippen LogP contribution in [0.4, 0.5) is 0 Å². The van der Waals surface area contributed by atoms with Gasteiger partial charge in [-0.3, -0.25) is 0 Å². The number of rotatable bonds is 8. The van der Waals surface area contributed by atoms with Gasteiger partial charge in [-0.15, -0.1) is 0 Å². The smallest absolute Gasteiger partial charge is 0.0979 e. The molecule has 140 valence electrons. The van der Waals surface area contributed by atoms with Gasteiger partial charge in [0.2, 0.25) is 0 Å². The highest BCUT2D eigenvalue weighted by molar-refractivity contribution is 6.94. The molecule has 0 heterocycles. The highest BCUT2D eigenvalue weighted by atomic mass is 28.3.